The van der Waals surface area contributed by atoms with Gasteiger partial charge in [0.2, 0.25) is 5.91 Å². The summed E-state index contributed by atoms with van der Waals surface area (Å²) in [5.41, 5.74) is 0. The van der Waals surface area contributed by atoms with Gasteiger partial charge in [0.05, 0.1) is 32.0 Å². The van der Waals surface area contributed by atoms with Crippen LogP contribution in [0.1, 0.15) is 117 Å². The van der Waals surface area contributed by atoms with Crippen molar-refractivity contribution in [1.29, 1.82) is 0 Å². The fourth-order valence-electron chi connectivity index (χ4n) is 6.81. The molecule has 2 saturated heterocycles. The molecule has 0 aromatic rings. The van der Waals surface area contributed by atoms with Crippen LogP contribution < -0.4 is 5.32 Å². The maximum atomic E-state index is 13.1. The molecule has 2 fully saturated rings. The largest absolute Gasteiger partial charge is 0.394 e. The SMILES string of the molecule is CC/C=C\C/C=C\C/C=C\C/C=C\C/C=C\CCCCCCCC(=O)NC(COC1OC(CO)C(OC2OC(CO)C(O)C(O)C2O)C(O)C1O)C(O)/C=C/CC/C=C/CCC. The standard InChI is InChI=1S/C48H79NO13/c1-3-5-7-9-11-12-13-14-15-16-17-18-19-20-21-22-23-24-26-28-30-32-40(53)49-36(37(52)31-29-27-25-10-8-6-4-2)35-59-47-45(58)43(56)46(39(34-51)61-47)62-48-44(57)42(55)41(54)38(33-50)60-48/h5,7-8,10-12,14-15,17-18,20-21,29,31,36-39,41-48,50-52,54-58H,3-4,6,9,13,16,19,22-28,30,32-35H2,1-2H3,(H,49,53)/b7-5-,10-8+,12-11-,15-14-,18-17-,21-20-,31-29+. The number of hydrogen-bond donors (Lipinski definition) is 9. The van der Waals surface area contributed by atoms with Crippen LogP contribution >= 0.6 is 0 Å². The molecule has 0 aromatic heterocycles. The fraction of sp³-hybridized carbons (Fsp3) is 0.688. The highest BCUT2D eigenvalue weighted by Gasteiger charge is 2.50. The van der Waals surface area contributed by atoms with Crippen LogP contribution in [0, 0.1) is 0 Å². The molecule has 0 radical (unpaired) electrons. The van der Waals surface area contributed by atoms with Crippen molar-refractivity contribution in [3.8, 4) is 0 Å². The van der Waals surface area contributed by atoms with E-state index in [4.69, 9.17) is 18.9 Å². The summed E-state index contributed by atoms with van der Waals surface area (Å²) < 4.78 is 22.5. The summed E-state index contributed by atoms with van der Waals surface area (Å²) in [6.07, 6.45) is 26.7. The highest BCUT2D eigenvalue weighted by molar-refractivity contribution is 5.76. The molecule has 12 atom stereocenters. The minimum Gasteiger partial charge on any atom is -0.394 e. The van der Waals surface area contributed by atoms with Crippen LogP contribution in [0.15, 0.2) is 85.1 Å². The summed E-state index contributed by atoms with van der Waals surface area (Å²) in [7, 11) is 0. The van der Waals surface area contributed by atoms with Crippen molar-refractivity contribution >= 4 is 5.91 Å². The number of nitrogens with one attached hydrogen (secondary N) is 1. The van der Waals surface area contributed by atoms with E-state index in [9.17, 15) is 45.6 Å². The lowest BCUT2D eigenvalue weighted by Gasteiger charge is -2.46. The van der Waals surface area contributed by atoms with Crippen molar-refractivity contribution in [2.75, 3.05) is 19.8 Å². The molecular formula is C48H79NO13. The fourth-order valence-corrected chi connectivity index (χ4v) is 6.81. The molecule has 2 aliphatic heterocycles. The number of hydrogen-bond acceptors (Lipinski definition) is 13. The number of aliphatic hydroxyl groups is 8. The third kappa shape index (κ3) is 22.2. The predicted octanol–water partition coefficient (Wildman–Crippen LogP) is 4.65. The summed E-state index contributed by atoms with van der Waals surface area (Å²) in [6.45, 7) is 2.48. The summed E-state index contributed by atoms with van der Waals surface area (Å²) in [6, 6.07) is -0.943. The van der Waals surface area contributed by atoms with Gasteiger partial charge in [0, 0.05) is 6.42 Å². The van der Waals surface area contributed by atoms with Gasteiger partial charge in [0.25, 0.3) is 0 Å². The average Bonchev–Trinajstić information content (AvgIpc) is 3.27. The third-order valence-corrected chi connectivity index (χ3v) is 10.5. The number of aliphatic hydroxyl groups excluding tert-OH is 8. The molecule has 354 valence electrons. The Hall–Kier alpha value is -2.83. The van der Waals surface area contributed by atoms with Gasteiger partial charge in [-0.15, -0.1) is 0 Å². The second kappa shape index (κ2) is 34.6. The molecule has 0 aliphatic carbocycles. The zero-order valence-corrected chi connectivity index (χ0v) is 37.1. The van der Waals surface area contributed by atoms with Crippen LogP contribution in [0.4, 0.5) is 0 Å². The molecule has 14 nitrogen and oxygen atoms in total. The zero-order valence-electron chi connectivity index (χ0n) is 37.1. The molecule has 62 heavy (non-hydrogen) atoms. The van der Waals surface area contributed by atoms with Crippen molar-refractivity contribution in [2.45, 2.75) is 190 Å². The van der Waals surface area contributed by atoms with Gasteiger partial charge in [-0.05, 0) is 70.6 Å². The lowest BCUT2D eigenvalue weighted by Crippen LogP contribution is -2.65. The number of amides is 1. The first-order valence-electron chi connectivity index (χ1n) is 22.8. The van der Waals surface area contributed by atoms with E-state index in [0.29, 0.717) is 12.8 Å². The number of rotatable bonds is 32. The topological polar surface area (TPSA) is 228 Å². The smallest absolute Gasteiger partial charge is 0.220 e. The van der Waals surface area contributed by atoms with Crippen LogP contribution in [0.2, 0.25) is 0 Å². The van der Waals surface area contributed by atoms with Crippen LogP contribution in [-0.4, -0.2) is 140 Å². The van der Waals surface area contributed by atoms with E-state index in [1.165, 1.54) is 0 Å². The second-order valence-corrected chi connectivity index (χ2v) is 15.8. The minimum absolute atomic E-state index is 0.245. The molecule has 2 aliphatic rings. The summed E-state index contributed by atoms with van der Waals surface area (Å²) in [4.78, 5) is 13.1. The van der Waals surface area contributed by atoms with Crippen molar-refractivity contribution in [3.63, 3.8) is 0 Å². The first-order valence-corrected chi connectivity index (χ1v) is 22.8. The van der Waals surface area contributed by atoms with Crippen molar-refractivity contribution in [2.24, 2.45) is 0 Å². The molecule has 0 aromatic carbocycles. The normalized spacial score (nSPS) is 28.5. The monoisotopic (exact) mass is 878 g/mol. The van der Waals surface area contributed by atoms with E-state index in [2.05, 4.69) is 92.1 Å². The Bertz CT molecular complexity index is 1360. The van der Waals surface area contributed by atoms with Gasteiger partial charge in [-0.25, -0.2) is 0 Å². The number of carbonyl (C=O) groups excluding carboxylic acids is 1. The van der Waals surface area contributed by atoms with Crippen LogP contribution in [0.3, 0.4) is 0 Å². The van der Waals surface area contributed by atoms with Crippen LogP contribution in [0.25, 0.3) is 0 Å². The van der Waals surface area contributed by atoms with Gasteiger partial charge in [0.1, 0.15) is 48.8 Å². The summed E-state index contributed by atoms with van der Waals surface area (Å²) >= 11 is 0. The molecule has 0 saturated carbocycles. The number of carbonyl (C=O) groups is 1. The number of allylic oxidation sites excluding steroid dienone is 13. The Morgan fingerprint density at radius 3 is 1.76 bits per heavy atom. The van der Waals surface area contributed by atoms with Gasteiger partial charge in [-0.2, -0.15) is 0 Å². The Balaban J connectivity index is 1.82. The van der Waals surface area contributed by atoms with E-state index < -0.39 is 86.8 Å². The average molecular weight is 878 g/mol. The number of unbranched alkanes of at least 4 members (excludes halogenated alkanes) is 7. The maximum absolute atomic E-state index is 13.1. The van der Waals surface area contributed by atoms with Gasteiger partial charge >= 0.3 is 0 Å². The van der Waals surface area contributed by atoms with Gasteiger partial charge in [-0.1, -0.05) is 125 Å². The second-order valence-electron chi connectivity index (χ2n) is 15.8. The van der Waals surface area contributed by atoms with E-state index in [-0.39, 0.29) is 18.9 Å². The summed E-state index contributed by atoms with van der Waals surface area (Å²) in [5, 5.41) is 86.2. The lowest BCUT2D eigenvalue weighted by atomic mass is 9.97. The van der Waals surface area contributed by atoms with Crippen LogP contribution in [-0.2, 0) is 23.7 Å². The minimum atomic E-state index is -1.79. The van der Waals surface area contributed by atoms with E-state index >= 15 is 0 Å². The Morgan fingerprint density at radius 1 is 0.597 bits per heavy atom. The molecule has 12 unspecified atom stereocenters. The molecular weight excluding hydrogens is 799 g/mol. The Morgan fingerprint density at radius 2 is 1.13 bits per heavy atom. The molecule has 2 rings (SSSR count). The summed E-state index contributed by atoms with van der Waals surface area (Å²) in [5.74, 6) is -0.279. The highest BCUT2D eigenvalue weighted by Crippen LogP contribution is 2.29. The van der Waals surface area contributed by atoms with Gasteiger partial charge in [0.15, 0.2) is 12.6 Å². The predicted molar refractivity (Wildman–Crippen MR) is 239 cm³/mol. The molecule has 1 amide bonds. The lowest BCUT2D eigenvalue weighted by molar-refractivity contribution is -0.359. The molecule has 2 heterocycles. The molecule has 0 spiro atoms. The van der Waals surface area contributed by atoms with Crippen molar-refractivity contribution in [3.05, 3.63) is 85.1 Å². The van der Waals surface area contributed by atoms with Gasteiger partial charge in [-0.3, -0.25) is 4.79 Å². The molecule has 9 N–H and O–H groups in total. The van der Waals surface area contributed by atoms with Gasteiger partial charge < -0.3 is 65.1 Å². The molecule has 0 bridgehead atoms. The van der Waals surface area contributed by atoms with Crippen molar-refractivity contribution < 1.29 is 64.6 Å². The third-order valence-electron chi connectivity index (χ3n) is 10.5. The quantitative estimate of drug-likeness (QED) is 0.0332. The van der Waals surface area contributed by atoms with E-state index in [1.54, 1.807) is 6.08 Å². The zero-order chi connectivity index (χ0) is 45.4. The Labute approximate surface area is 370 Å². The molecule has 14 heteroatoms. The first-order chi connectivity index (χ1) is 30.1. The van der Waals surface area contributed by atoms with Crippen LogP contribution in [0.5, 0.6) is 0 Å². The maximum Gasteiger partial charge on any atom is 0.220 e. The first kappa shape index (κ1) is 55.3. The Kier molecular flexibility index (Phi) is 30.8. The van der Waals surface area contributed by atoms with E-state index in [1.807, 2.05) is 6.08 Å². The number of ether oxygens (including phenoxy) is 4. The van der Waals surface area contributed by atoms with E-state index in [0.717, 1.165) is 83.5 Å². The van der Waals surface area contributed by atoms with Crippen molar-refractivity contribution in [1.82, 2.24) is 5.32 Å². The highest BCUT2D eigenvalue weighted by atomic mass is 16.7.